The van der Waals surface area contributed by atoms with Crippen LogP contribution >= 0.6 is 0 Å². The van der Waals surface area contributed by atoms with Crippen LogP contribution in [0.2, 0.25) is 0 Å². The summed E-state index contributed by atoms with van der Waals surface area (Å²) in [5.74, 6) is 0. The maximum absolute atomic E-state index is 12.7. The zero-order chi connectivity index (χ0) is 11.8. The van der Waals surface area contributed by atoms with E-state index < -0.39 is 11.7 Å². The first-order valence-electron chi connectivity index (χ1n) is 5.00. The number of nitrogens with zero attached hydrogens (tertiary/aromatic N) is 2. The highest BCUT2D eigenvalue weighted by Gasteiger charge is 2.36. The third kappa shape index (κ3) is 2.11. The largest absolute Gasteiger partial charge is 0.418 e. The van der Waals surface area contributed by atoms with Crippen molar-refractivity contribution >= 4 is 5.69 Å². The van der Waals surface area contributed by atoms with E-state index in [0.717, 1.165) is 12.3 Å². The highest BCUT2D eigenvalue weighted by molar-refractivity contribution is 5.54. The number of nitrogens with two attached hydrogens (primary N) is 1. The minimum absolute atomic E-state index is 0.0544. The van der Waals surface area contributed by atoms with E-state index in [-0.39, 0.29) is 11.7 Å². The lowest BCUT2D eigenvalue weighted by molar-refractivity contribution is -0.137. The van der Waals surface area contributed by atoms with Crippen LogP contribution in [0.5, 0.6) is 0 Å². The SMILES string of the molecule is NC1CCN(c2cnccc2C(F)(F)F)C1. The van der Waals surface area contributed by atoms with E-state index in [2.05, 4.69) is 4.98 Å². The molecule has 3 nitrogen and oxygen atoms in total. The Hall–Kier alpha value is -1.30. The van der Waals surface area contributed by atoms with Gasteiger partial charge in [-0.25, -0.2) is 0 Å². The molecule has 16 heavy (non-hydrogen) atoms. The van der Waals surface area contributed by atoms with Crippen LogP contribution in [0.15, 0.2) is 18.5 Å². The van der Waals surface area contributed by atoms with Crippen LogP contribution in [0.3, 0.4) is 0 Å². The minimum atomic E-state index is -4.34. The van der Waals surface area contributed by atoms with Crippen LogP contribution in [-0.4, -0.2) is 24.1 Å². The Kier molecular flexibility index (Phi) is 2.75. The Balaban J connectivity index is 2.34. The molecule has 0 bridgehead atoms. The number of pyridine rings is 1. The van der Waals surface area contributed by atoms with Crippen molar-refractivity contribution in [2.75, 3.05) is 18.0 Å². The maximum Gasteiger partial charge on any atom is 0.418 e. The van der Waals surface area contributed by atoms with E-state index in [4.69, 9.17) is 5.73 Å². The normalized spacial score (nSPS) is 21.5. The smallest absolute Gasteiger partial charge is 0.368 e. The monoisotopic (exact) mass is 231 g/mol. The van der Waals surface area contributed by atoms with Gasteiger partial charge in [-0.3, -0.25) is 4.98 Å². The Morgan fingerprint density at radius 2 is 2.19 bits per heavy atom. The first kappa shape index (κ1) is 11.2. The number of anilines is 1. The fourth-order valence-electron chi connectivity index (χ4n) is 1.88. The van der Waals surface area contributed by atoms with Crippen molar-refractivity contribution in [3.63, 3.8) is 0 Å². The van der Waals surface area contributed by atoms with Gasteiger partial charge in [0.15, 0.2) is 0 Å². The number of hydrogen-bond acceptors (Lipinski definition) is 3. The zero-order valence-corrected chi connectivity index (χ0v) is 8.54. The van der Waals surface area contributed by atoms with Crippen molar-refractivity contribution in [2.24, 2.45) is 5.73 Å². The summed E-state index contributed by atoms with van der Waals surface area (Å²) in [5, 5.41) is 0. The Morgan fingerprint density at radius 1 is 1.44 bits per heavy atom. The molecular weight excluding hydrogens is 219 g/mol. The fourth-order valence-corrected chi connectivity index (χ4v) is 1.88. The molecule has 1 fully saturated rings. The van der Waals surface area contributed by atoms with Gasteiger partial charge in [0.05, 0.1) is 17.4 Å². The van der Waals surface area contributed by atoms with Crippen LogP contribution in [0.4, 0.5) is 18.9 Å². The maximum atomic E-state index is 12.7. The van der Waals surface area contributed by atoms with E-state index in [1.807, 2.05) is 0 Å². The molecule has 1 aromatic heterocycles. The molecule has 0 aliphatic carbocycles. The molecule has 1 saturated heterocycles. The van der Waals surface area contributed by atoms with Gasteiger partial charge in [-0.05, 0) is 12.5 Å². The highest BCUT2D eigenvalue weighted by Crippen LogP contribution is 2.36. The molecular formula is C10H12F3N3. The lowest BCUT2D eigenvalue weighted by Gasteiger charge is -2.22. The van der Waals surface area contributed by atoms with Gasteiger partial charge in [0.1, 0.15) is 0 Å². The number of rotatable bonds is 1. The van der Waals surface area contributed by atoms with Gasteiger partial charge in [0.2, 0.25) is 0 Å². The van der Waals surface area contributed by atoms with Crippen molar-refractivity contribution < 1.29 is 13.2 Å². The second kappa shape index (κ2) is 3.93. The van der Waals surface area contributed by atoms with Gasteiger partial charge in [-0.1, -0.05) is 0 Å². The van der Waals surface area contributed by atoms with E-state index in [1.165, 1.54) is 6.20 Å². The van der Waals surface area contributed by atoms with Crippen molar-refractivity contribution in [1.29, 1.82) is 0 Å². The summed E-state index contributed by atoms with van der Waals surface area (Å²) in [5.41, 5.74) is 5.16. The average molecular weight is 231 g/mol. The molecule has 2 heterocycles. The predicted octanol–water partition coefficient (Wildman–Crippen LogP) is 1.64. The highest BCUT2D eigenvalue weighted by atomic mass is 19.4. The third-order valence-corrected chi connectivity index (χ3v) is 2.67. The van der Waals surface area contributed by atoms with Gasteiger partial charge in [0, 0.05) is 25.3 Å². The van der Waals surface area contributed by atoms with Gasteiger partial charge in [0.25, 0.3) is 0 Å². The van der Waals surface area contributed by atoms with Crippen LogP contribution in [0, 0.1) is 0 Å². The van der Waals surface area contributed by atoms with Crippen molar-refractivity contribution in [3.05, 3.63) is 24.0 Å². The molecule has 2 rings (SSSR count). The van der Waals surface area contributed by atoms with E-state index in [9.17, 15) is 13.2 Å². The topological polar surface area (TPSA) is 42.1 Å². The molecule has 1 atom stereocenters. The number of halogens is 3. The zero-order valence-electron chi connectivity index (χ0n) is 8.54. The van der Waals surface area contributed by atoms with Gasteiger partial charge >= 0.3 is 6.18 Å². The van der Waals surface area contributed by atoms with E-state index in [0.29, 0.717) is 19.5 Å². The number of aromatic nitrogens is 1. The molecule has 0 radical (unpaired) electrons. The molecule has 1 unspecified atom stereocenters. The second-order valence-corrected chi connectivity index (χ2v) is 3.89. The lowest BCUT2D eigenvalue weighted by atomic mass is 10.2. The lowest BCUT2D eigenvalue weighted by Crippen LogP contribution is -2.28. The van der Waals surface area contributed by atoms with Crippen LogP contribution in [-0.2, 0) is 6.18 Å². The Bertz CT molecular complexity index is 378. The second-order valence-electron chi connectivity index (χ2n) is 3.89. The first-order chi connectivity index (χ1) is 7.48. The van der Waals surface area contributed by atoms with E-state index in [1.54, 1.807) is 4.90 Å². The average Bonchev–Trinajstić information content (AvgIpc) is 2.64. The molecule has 0 saturated carbocycles. The van der Waals surface area contributed by atoms with Gasteiger partial charge in [-0.15, -0.1) is 0 Å². The predicted molar refractivity (Wildman–Crippen MR) is 54.0 cm³/mol. The number of hydrogen-bond donors (Lipinski definition) is 1. The van der Waals surface area contributed by atoms with Crippen molar-refractivity contribution in [2.45, 2.75) is 18.6 Å². The molecule has 1 aromatic rings. The minimum Gasteiger partial charge on any atom is -0.368 e. The van der Waals surface area contributed by atoms with Gasteiger partial charge < -0.3 is 10.6 Å². The van der Waals surface area contributed by atoms with Gasteiger partial charge in [-0.2, -0.15) is 13.2 Å². The van der Waals surface area contributed by atoms with Crippen LogP contribution < -0.4 is 10.6 Å². The molecule has 0 spiro atoms. The quantitative estimate of drug-likeness (QED) is 0.798. The Morgan fingerprint density at radius 3 is 2.75 bits per heavy atom. The molecule has 0 aromatic carbocycles. The Labute approximate surface area is 91.1 Å². The summed E-state index contributed by atoms with van der Waals surface area (Å²) in [4.78, 5) is 5.39. The molecule has 0 amide bonds. The summed E-state index contributed by atoms with van der Waals surface area (Å²) in [7, 11) is 0. The summed E-state index contributed by atoms with van der Waals surface area (Å²) in [6.45, 7) is 1.00. The van der Waals surface area contributed by atoms with Crippen LogP contribution in [0.1, 0.15) is 12.0 Å². The first-order valence-corrected chi connectivity index (χ1v) is 5.00. The fraction of sp³-hybridized carbons (Fsp3) is 0.500. The summed E-state index contributed by atoms with van der Waals surface area (Å²) < 4.78 is 38.1. The molecule has 1 aliphatic rings. The molecule has 88 valence electrons. The molecule has 1 aliphatic heterocycles. The standard InChI is InChI=1S/C10H12F3N3/c11-10(12,13)8-1-3-15-5-9(8)16-4-2-7(14)6-16/h1,3,5,7H,2,4,6,14H2. The van der Waals surface area contributed by atoms with Crippen molar-refractivity contribution in [3.8, 4) is 0 Å². The molecule has 6 heteroatoms. The number of alkyl halides is 3. The summed E-state index contributed by atoms with van der Waals surface area (Å²) in [6, 6.07) is 0.945. The third-order valence-electron chi connectivity index (χ3n) is 2.67. The van der Waals surface area contributed by atoms with Crippen molar-refractivity contribution in [1.82, 2.24) is 4.98 Å². The summed E-state index contributed by atoms with van der Waals surface area (Å²) in [6.07, 6.45) is -1.22. The summed E-state index contributed by atoms with van der Waals surface area (Å²) >= 11 is 0. The van der Waals surface area contributed by atoms with Crippen LogP contribution in [0.25, 0.3) is 0 Å². The molecule has 2 N–H and O–H groups in total. The van der Waals surface area contributed by atoms with E-state index >= 15 is 0 Å².